The second-order valence-electron chi connectivity index (χ2n) is 3.28. The fourth-order valence-electron chi connectivity index (χ4n) is 1.50. The van der Waals surface area contributed by atoms with Gasteiger partial charge in [0.25, 0.3) is 0 Å². The van der Waals surface area contributed by atoms with Gasteiger partial charge in [-0.2, -0.15) is 0 Å². The summed E-state index contributed by atoms with van der Waals surface area (Å²) < 4.78 is 15.4. The zero-order chi connectivity index (χ0) is 12.4. The second kappa shape index (κ2) is 4.55. The molecule has 1 aromatic heterocycles. The lowest BCUT2D eigenvalue weighted by Gasteiger charge is -2.10. The molecular formula is C11H11ClN2O3. The standard InChI is InChI=1S/C11H11ClN2O3/c1-15-6-3-4-7(16-2)11(12)10(6)8-5-9(13)14-17-8/h3-5H,1-2H3,(H2,13,14). The van der Waals surface area contributed by atoms with Crippen LogP contribution in [0.4, 0.5) is 5.82 Å². The molecule has 1 aromatic carbocycles. The first kappa shape index (κ1) is 11.6. The lowest BCUT2D eigenvalue weighted by Crippen LogP contribution is -1.91. The Balaban J connectivity index is 2.64. The maximum Gasteiger partial charge on any atom is 0.174 e. The van der Waals surface area contributed by atoms with E-state index in [2.05, 4.69) is 5.16 Å². The third-order valence-corrected chi connectivity index (χ3v) is 2.66. The van der Waals surface area contributed by atoms with Gasteiger partial charge in [-0.3, -0.25) is 0 Å². The van der Waals surface area contributed by atoms with Crippen LogP contribution in [-0.2, 0) is 0 Å². The Bertz CT molecular complexity index is 540. The summed E-state index contributed by atoms with van der Waals surface area (Å²) in [7, 11) is 3.08. The fraction of sp³-hybridized carbons (Fsp3) is 0.182. The van der Waals surface area contributed by atoms with Crippen molar-refractivity contribution in [1.82, 2.24) is 5.16 Å². The maximum absolute atomic E-state index is 6.20. The first-order valence-corrected chi connectivity index (χ1v) is 5.18. The summed E-state index contributed by atoms with van der Waals surface area (Å²) >= 11 is 6.20. The highest BCUT2D eigenvalue weighted by Crippen LogP contribution is 2.42. The molecule has 0 aliphatic rings. The third kappa shape index (κ3) is 2.01. The summed E-state index contributed by atoms with van der Waals surface area (Å²) in [5, 5.41) is 4.00. The molecule has 6 heteroatoms. The average Bonchev–Trinajstić information content (AvgIpc) is 2.75. The molecule has 0 amide bonds. The molecule has 0 bridgehead atoms. The van der Waals surface area contributed by atoms with Gasteiger partial charge in [-0.15, -0.1) is 0 Å². The molecule has 90 valence electrons. The van der Waals surface area contributed by atoms with Gasteiger partial charge in [0.2, 0.25) is 0 Å². The number of nitrogens with two attached hydrogens (primary N) is 1. The number of nitrogen functional groups attached to an aromatic ring is 1. The molecule has 5 nitrogen and oxygen atoms in total. The number of methoxy groups -OCH3 is 2. The molecular weight excluding hydrogens is 244 g/mol. The maximum atomic E-state index is 6.20. The number of rotatable bonds is 3. The predicted molar refractivity (Wildman–Crippen MR) is 64.5 cm³/mol. The molecule has 0 spiro atoms. The van der Waals surface area contributed by atoms with Gasteiger partial charge in [-0.1, -0.05) is 16.8 Å². The van der Waals surface area contributed by atoms with Crippen LogP contribution in [-0.4, -0.2) is 19.4 Å². The molecule has 2 N–H and O–H groups in total. The van der Waals surface area contributed by atoms with Crippen molar-refractivity contribution in [3.05, 3.63) is 23.2 Å². The highest BCUT2D eigenvalue weighted by molar-refractivity contribution is 6.35. The van der Waals surface area contributed by atoms with Crippen LogP contribution < -0.4 is 15.2 Å². The Morgan fingerprint density at radius 1 is 1.24 bits per heavy atom. The Kier molecular flexibility index (Phi) is 3.10. The van der Waals surface area contributed by atoms with E-state index in [0.717, 1.165) is 0 Å². The number of hydrogen-bond acceptors (Lipinski definition) is 5. The normalized spacial score (nSPS) is 10.3. The molecule has 1 heterocycles. The van der Waals surface area contributed by atoms with Crippen molar-refractivity contribution in [3.63, 3.8) is 0 Å². The average molecular weight is 255 g/mol. The van der Waals surface area contributed by atoms with Crippen molar-refractivity contribution < 1.29 is 14.0 Å². The molecule has 0 unspecified atom stereocenters. The van der Waals surface area contributed by atoms with Crippen LogP contribution in [0.5, 0.6) is 11.5 Å². The number of ether oxygens (including phenoxy) is 2. The van der Waals surface area contributed by atoms with Crippen molar-refractivity contribution in [3.8, 4) is 22.8 Å². The van der Waals surface area contributed by atoms with Crippen molar-refractivity contribution in [2.45, 2.75) is 0 Å². The number of aromatic nitrogens is 1. The van der Waals surface area contributed by atoms with Gasteiger partial charge in [-0.05, 0) is 12.1 Å². The van der Waals surface area contributed by atoms with Crippen molar-refractivity contribution >= 4 is 17.4 Å². The van der Waals surface area contributed by atoms with E-state index in [1.54, 1.807) is 25.3 Å². The Labute approximate surface area is 103 Å². The van der Waals surface area contributed by atoms with Crippen LogP contribution in [0.1, 0.15) is 0 Å². The van der Waals surface area contributed by atoms with Crippen molar-refractivity contribution in [1.29, 1.82) is 0 Å². The van der Waals surface area contributed by atoms with E-state index < -0.39 is 0 Å². The van der Waals surface area contributed by atoms with Gasteiger partial charge in [0.15, 0.2) is 11.6 Å². The number of anilines is 1. The smallest absolute Gasteiger partial charge is 0.174 e. The van der Waals surface area contributed by atoms with Gasteiger partial charge >= 0.3 is 0 Å². The SMILES string of the molecule is COc1ccc(OC)c(-c2cc(N)no2)c1Cl. The number of benzene rings is 1. The van der Waals surface area contributed by atoms with Gasteiger partial charge in [0, 0.05) is 6.07 Å². The number of hydrogen-bond donors (Lipinski definition) is 1. The van der Waals surface area contributed by atoms with Crippen molar-refractivity contribution in [2.75, 3.05) is 20.0 Å². The van der Waals surface area contributed by atoms with Crippen LogP contribution >= 0.6 is 11.6 Å². The Hall–Kier alpha value is -1.88. The minimum absolute atomic E-state index is 0.279. The van der Waals surface area contributed by atoms with E-state index in [9.17, 15) is 0 Å². The molecule has 17 heavy (non-hydrogen) atoms. The van der Waals surface area contributed by atoms with Gasteiger partial charge < -0.3 is 19.7 Å². The minimum Gasteiger partial charge on any atom is -0.496 e. The van der Waals surface area contributed by atoms with E-state index in [1.807, 2.05) is 0 Å². The van der Waals surface area contributed by atoms with Gasteiger partial charge in [0.1, 0.15) is 11.5 Å². The van der Waals surface area contributed by atoms with E-state index in [4.69, 9.17) is 31.3 Å². The highest BCUT2D eigenvalue weighted by atomic mass is 35.5. The first-order chi connectivity index (χ1) is 8.17. The Morgan fingerprint density at radius 3 is 2.41 bits per heavy atom. The molecule has 0 saturated heterocycles. The van der Waals surface area contributed by atoms with Crippen LogP contribution in [0.3, 0.4) is 0 Å². The van der Waals surface area contributed by atoms with E-state index in [1.165, 1.54) is 7.11 Å². The quantitative estimate of drug-likeness (QED) is 0.912. The molecule has 0 saturated carbocycles. The van der Waals surface area contributed by atoms with Crippen LogP contribution in [0.25, 0.3) is 11.3 Å². The summed E-state index contributed by atoms with van der Waals surface area (Å²) in [5.74, 6) is 1.80. The monoisotopic (exact) mass is 254 g/mol. The van der Waals surface area contributed by atoms with E-state index in [-0.39, 0.29) is 5.82 Å². The van der Waals surface area contributed by atoms with Crippen LogP contribution in [0.2, 0.25) is 5.02 Å². The third-order valence-electron chi connectivity index (χ3n) is 2.28. The van der Waals surface area contributed by atoms with Gasteiger partial charge in [0.05, 0.1) is 24.8 Å². The number of halogens is 1. The topological polar surface area (TPSA) is 70.5 Å². The molecule has 0 atom stereocenters. The second-order valence-corrected chi connectivity index (χ2v) is 3.65. The predicted octanol–water partition coefficient (Wildman–Crippen LogP) is 2.59. The summed E-state index contributed by atoms with van der Waals surface area (Å²) in [6.45, 7) is 0. The van der Waals surface area contributed by atoms with Crippen LogP contribution in [0.15, 0.2) is 22.7 Å². The summed E-state index contributed by atoms with van der Waals surface area (Å²) in [6.07, 6.45) is 0. The molecule has 0 fully saturated rings. The van der Waals surface area contributed by atoms with Crippen molar-refractivity contribution in [2.24, 2.45) is 0 Å². The van der Waals surface area contributed by atoms with Gasteiger partial charge in [-0.25, -0.2) is 0 Å². The Morgan fingerprint density at radius 2 is 1.88 bits per heavy atom. The highest BCUT2D eigenvalue weighted by Gasteiger charge is 2.18. The molecule has 0 radical (unpaired) electrons. The number of nitrogens with zero attached hydrogens (tertiary/aromatic N) is 1. The summed E-state index contributed by atoms with van der Waals surface area (Å²) in [6, 6.07) is 5.02. The first-order valence-electron chi connectivity index (χ1n) is 4.80. The lowest BCUT2D eigenvalue weighted by molar-refractivity contribution is 0.398. The van der Waals surface area contributed by atoms with Crippen LogP contribution in [0, 0.1) is 0 Å². The minimum atomic E-state index is 0.279. The molecule has 2 rings (SSSR count). The van der Waals surface area contributed by atoms with E-state index >= 15 is 0 Å². The lowest BCUT2D eigenvalue weighted by atomic mass is 10.1. The zero-order valence-electron chi connectivity index (χ0n) is 9.36. The summed E-state index contributed by atoms with van der Waals surface area (Å²) in [5.41, 5.74) is 6.08. The molecule has 0 aliphatic carbocycles. The fourth-order valence-corrected chi connectivity index (χ4v) is 1.83. The molecule has 0 aliphatic heterocycles. The summed E-state index contributed by atoms with van der Waals surface area (Å²) in [4.78, 5) is 0. The zero-order valence-corrected chi connectivity index (χ0v) is 10.1. The largest absolute Gasteiger partial charge is 0.496 e. The van der Waals surface area contributed by atoms with E-state index in [0.29, 0.717) is 27.8 Å². The molecule has 2 aromatic rings.